The first-order valence-electron chi connectivity index (χ1n) is 5.91. The molecule has 1 radical (unpaired) electrons. The van der Waals surface area contributed by atoms with E-state index in [0.717, 1.165) is 0 Å². The Morgan fingerprint density at radius 2 is 0.692 bits per heavy atom. The molecule has 0 saturated carbocycles. The molecule has 0 aliphatic rings. The Morgan fingerprint density at radius 1 is 0.462 bits per heavy atom. The van der Waals surface area contributed by atoms with Gasteiger partial charge < -0.3 is 0 Å². The molecular formula is C12H26Co. The van der Waals surface area contributed by atoms with Crippen molar-refractivity contribution in [2.75, 3.05) is 0 Å². The maximum absolute atomic E-state index is 2.28. The van der Waals surface area contributed by atoms with Gasteiger partial charge in [-0.05, 0) is 0 Å². The predicted octanol–water partition coefficient (Wildman–Crippen LogP) is 4.92. The summed E-state index contributed by atoms with van der Waals surface area (Å²) in [5.74, 6) is 0. The van der Waals surface area contributed by atoms with Gasteiger partial charge in [0.2, 0.25) is 0 Å². The molecule has 0 nitrogen and oxygen atoms in total. The van der Waals surface area contributed by atoms with E-state index in [2.05, 4.69) is 13.8 Å². The molecule has 1 heteroatoms. The molecule has 0 spiro atoms. The molecule has 0 aromatic carbocycles. The quantitative estimate of drug-likeness (QED) is 0.492. The Labute approximate surface area is 95.1 Å². The van der Waals surface area contributed by atoms with Gasteiger partial charge in [0.15, 0.2) is 0 Å². The summed E-state index contributed by atoms with van der Waals surface area (Å²) in [4.78, 5) is 0. The van der Waals surface area contributed by atoms with Crippen molar-refractivity contribution in [3.05, 3.63) is 0 Å². The summed E-state index contributed by atoms with van der Waals surface area (Å²) >= 11 is 0. The topological polar surface area (TPSA) is 0 Å². The smallest absolute Gasteiger partial charge is 0 e. The monoisotopic (exact) mass is 229 g/mol. The van der Waals surface area contributed by atoms with Gasteiger partial charge in [-0.25, -0.2) is 0 Å². The molecule has 0 aliphatic heterocycles. The molecule has 0 amide bonds. The first kappa shape index (κ1) is 16.0. The van der Waals surface area contributed by atoms with Crippen LogP contribution in [0.15, 0.2) is 0 Å². The summed E-state index contributed by atoms with van der Waals surface area (Å²) in [6.07, 6.45) is 14.4. The van der Waals surface area contributed by atoms with E-state index in [4.69, 9.17) is 0 Å². The molecule has 0 fully saturated rings. The van der Waals surface area contributed by atoms with Crippen LogP contribution >= 0.6 is 0 Å². The van der Waals surface area contributed by atoms with E-state index in [1.54, 1.807) is 0 Å². The third kappa shape index (κ3) is 15.3. The first-order chi connectivity index (χ1) is 5.91. The zero-order chi connectivity index (χ0) is 9.07. The largest absolute Gasteiger partial charge is 0.0654 e. The Morgan fingerprint density at radius 3 is 0.923 bits per heavy atom. The molecule has 0 unspecified atom stereocenters. The van der Waals surface area contributed by atoms with E-state index >= 15 is 0 Å². The molecular weight excluding hydrogens is 203 g/mol. The maximum Gasteiger partial charge on any atom is 0 e. The van der Waals surface area contributed by atoms with Crippen LogP contribution in [0.3, 0.4) is 0 Å². The van der Waals surface area contributed by atoms with E-state index in [1.165, 1.54) is 64.2 Å². The van der Waals surface area contributed by atoms with Crippen LogP contribution in [0.1, 0.15) is 78.1 Å². The van der Waals surface area contributed by atoms with E-state index < -0.39 is 0 Å². The van der Waals surface area contributed by atoms with Gasteiger partial charge in [-0.3, -0.25) is 0 Å². The molecule has 13 heavy (non-hydrogen) atoms. The summed E-state index contributed by atoms with van der Waals surface area (Å²) < 4.78 is 0. The van der Waals surface area contributed by atoms with Crippen LogP contribution in [-0.4, -0.2) is 0 Å². The van der Waals surface area contributed by atoms with E-state index in [0.29, 0.717) is 0 Å². The summed E-state index contributed by atoms with van der Waals surface area (Å²) in [7, 11) is 0. The summed E-state index contributed by atoms with van der Waals surface area (Å²) in [6.45, 7) is 4.56. The molecule has 0 saturated heterocycles. The molecule has 0 heterocycles. The second kappa shape index (κ2) is 15.0. The number of hydrogen-bond acceptors (Lipinski definition) is 0. The van der Waals surface area contributed by atoms with Crippen molar-refractivity contribution >= 4 is 0 Å². The van der Waals surface area contributed by atoms with Crippen molar-refractivity contribution in [3.8, 4) is 0 Å². The van der Waals surface area contributed by atoms with Crippen molar-refractivity contribution in [2.45, 2.75) is 78.1 Å². The molecule has 0 N–H and O–H groups in total. The zero-order valence-electron chi connectivity index (χ0n) is 9.40. The Kier molecular flexibility index (Phi) is 18.4. The average Bonchev–Trinajstić information content (AvgIpc) is 2.10. The van der Waals surface area contributed by atoms with Crippen LogP contribution in [0.4, 0.5) is 0 Å². The third-order valence-electron chi connectivity index (χ3n) is 2.46. The number of rotatable bonds is 9. The molecule has 0 aromatic rings. The van der Waals surface area contributed by atoms with Gasteiger partial charge in [0.25, 0.3) is 0 Å². The number of unbranched alkanes of at least 4 members (excludes halogenated alkanes) is 9. The SMILES string of the molecule is CCCCCCCCCCCC.[Co]. The van der Waals surface area contributed by atoms with Crippen molar-refractivity contribution in [1.29, 1.82) is 0 Å². The number of hydrogen-bond donors (Lipinski definition) is 0. The molecule has 0 aromatic heterocycles. The van der Waals surface area contributed by atoms with Crippen molar-refractivity contribution < 1.29 is 16.8 Å². The molecule has 0 atom stereocenters. The minimum atomic E-state index is 0. The fourth-order valence-electron chi connectivity index (χ4n) is 1.56. The van der Waals surface area contributed by atoms with E-state index in [1.807, 2.05) is 0 Å². The minimum Gasteiger partial charge on any atom is -0.0654 e. The van der Waals surface area contributed by atoms with Crippen LogP contribution < -0.4 is 0 Å². The van der Waals surface area contributed by atoms with Crippen molar-refractivity contribution in [3.63, 3.8) is 0 Å². The summed E-state index contributed by atoms with van der Waals surface area (Å²) in [6, 6.07) is 0. The van der Waals surface area contributed by atoms with Crippen molar-refractivity contribution in [2.24, 2.45) is 0 Å². The molecule has 0 rings (SSSR count). The van der Waals surface area contributed by atoms with Crippen LogP contribution in [-0.2, 0) is 16.8 Å². The van der Waals surface area contributed by atoms with Gasteiger partial charge in [-0.2, -0.15) is 0 Å². The van der Waals surface area contributed by atoms with E-state index in [-0.39, 0.29) is 16.8 Å². The van der Waals surface area contributed by atoms with Gasteiger partial charge in [0.1, 0.15) is 0 Å². The second-order valence-corrected chi connectivity index (χ2v) is 3.83. The van der Waals surface area contributed by atoms with Crippen LogP contribution in [0.25, 0.3) is 0 Å². The normalized spacial score (nSPS) is 9.69. The van der Waals surface area contributed by atoms with Gasteiger partial charge in [-0.15, -0.1) is 0 Å². The van der Waals surface area contributed by atoms with Gasteiger partial charge >= 0.3 is 0 Å². The van der Waals surface area contributed by atoms with Gasteiger partial charge in [-0.1, -0.05) is 78.1 Å². The second-order valence-electron chi connectivity index (χ2n) is 3.83. The van der Waals surface area contributed by atoms with Crippen LogP contribution in [0.5, 0.6) is 0 Å². The molecule has 83 valence electrons. The first-order valence-corrected chi connectivity index (χ1v) is 5.91. The Hall–Kier alpha value is 0.506. The third-order valence-corrected chi connectivity index (χ3v) is 2.46. The van der Waals surface area contributed by atoms with Gasteiger partial charge in [0.05, 0.1) is 0 Å². The fraction of sp³-hybridized carbons (Fsp3) is 1.00. The minimum absolute atomic E-state index is 0. The Balaban J connectivity index is 0. The molecule has 0 aliphatic carbocycles. The zero-order valence-corrected chi connectivity index (χ0v) is 10.4. The average molecular weight is 229 g/mol. The maximum atomic E-state index is 2.28. The van der Waals surface area contributed by atoms with Gasteiger partial charge in [0, 0.05) is 16.8 Å². The van der Waals surface area contributed by atoms with Crippen molar-refractivity contribution in [1.82, 2.24) is 0 Å². The predicted molar refractivity (Wildman–Crippen MR) is 57.5 cm³/mol. The summed E-state index contributed by atoms with van der Waals surface area (Å²) in [5.41, 5.74) is 0. The van der Waals surface area contributed by atoms with Crippen LogP contribution in [0, 0.1) is 0 Å². The van der Waals surface area contributed by atoms with Crippen LogP contribution in [0.2, 0.25) is 0 Å². The fourth-order valence-corrected chi connectivity index (χ4v) is 1.56. The summed E-state index contributed by atoms with van der Waals surface area (Å²) in [5, 5.41) is 0. The Bertz CT molecular complexity index is 61.5. The molecule has 0 bridgehead atoms. The van der Waals surface area contributed by atoms with E-state index in [9.17, 15) is 0 Å². The standard InChI is InChI=1S/C12H26.Co/c1-3-5-7-9-11-12-10-8-6-4-2;/h3-12H2,1-2H3;.